The molecule has 1 aliphatic rings. The Kier molecular flexibility index (Phi) is 4.90. The molecule has 1 atom stereocenters. The van der Waals surface area contributed by atoms with Crippen molar-refractivity contribution in [1.82, 2.24) is 10.2 Å². The monoisotopic (exact) mass is 200 g/mol. The molecule has 0 bridgehead atoms. The van der Waals surface area contributed by atoms with E-state index in [0.29, 0.717) is 19.1 Å². The van der Waals surface area contributed by atoms with E-state index in [4.69, 9.17) is 4.74 Å². The number of esters is 1. The van der Waals surface area contributed by atoms with E-state index >= 15 is 0 Å². The van der Waals surface area contributed by atoms with Crippen LogP contribution in [-0.2, 0) is 9.53 Å². The second-order valence-corrected chi connectivity index (χ2v) is 3.75. The molecule has 0 radical (unpaired) electrons. The summed E-state index contributed by atoms with van der Waals surface area (Å²) in [6.07, 6.45) is 1.18. The van der Waals surface area contributed by atoms with Crippen LogP contribution in [0.2, 0.25) is 0 Å². The predicted octanol–water partition coefficient (Wildman–Crippen LogP) is 0.0908. The van der Waals surface area contributed by atoms with Gasteiger partial charge in [0.25, 0.3) is 0 Å². The quantitative estimate of drug-likeness (QED) is 0.639. The first-order chi connectivity index (χ1) is 6.76. The summed E-state index contributed by atoms with van der Waals surface area (Å²) >= 11 is 0. The minimum atomic E-state index is -0.0994. The van der Waals surface area contributed by atoms with E-state index in [1.54, 1.807) is 0 Å². The molecule has 0 aliphatic carbocycles. The third-order valence-corrected chi connectivity index (χ3v) is 2.52. The molecular formula is C10H20N2O2. The van der Waals surface area contributed by atoms with Gasteiger partial charge in [0, 0.05) is 6.54 Å². The number of carbonyl (C=O) groups is 1. The average molecular weight is 200 g/mol. The van der Waals surface area contributed by atoms with Gasteiger partial charge in [-0.1, -0.05) is 0 Å². The number of ether oxygens (including phenoxy) is 1. The van der Waals surface area contributed by atoms with Crippen LogP contribution in [0.25, 0.3) is 0 Å². The SMILES string of the molecule is CCOC(=O)CN1CCC(CNC)C1. The van der Waals surface area contributed by atoms with E-state index < -0.39 is 0 Å². The van der Waals surface area contributed by atoms with Gasteiger partial charge in [-0.3, -0.25) is 9.69 Å². The number of hydrogen-bond acceptors (Lipinski definition) is 4. The second kappa shape index (κ2) is 5.98. The molecule has 4 heteroatoms. The van der Waals surface area contributed by atoms with Crippen molar-refractivity contribution in [3.05, 3.63) is 0 Å². The highest BCUT2D eigenvalue weighted by Gasteiger charge is 2.23. The van der Waals surface area contributed by atoms with Gasteiger partial charge in [-0.15, -0.1) is 0 Å². The van der Waals surface area contributed by atoms with Crippen LogP contribution in [0.15, 0.2) is 0 Å². The summed E-state index contributed by atoms with van der Waals surface area (Å²) in [6, 6.07) is 0. The number of carbonyl (C=O) groups excluding carboxylic acids is 1. The van der Waals surface area contributed by atoms with Crippen LogP contribution in [0.5, 0.6) is 0 Å². The molecule has 0 aromatic rings. The molecule has 1 saturated heterocycles. The summed E-state index contributed by atoms with van der Waals surface area (Å²) in [7, 11) is 1.97. The largest absolute Gasteiger partial charge is 0.465 e. The third kappa shape index (κ3) is 3.64. The molecule has 1 unspecified atom stereocenters. The van der Waals surface area contributed by atoms with Crippen LogP contribution in [0.3, 0.4) is 0 Å². The molecule has 0 spiro atoms. The van der Waals surface area contributed by atoms with Gasteiger partial charge >= 0.3 is 5.97 Å². The molecule has 1 rings (SSSR count). The maximum absolute atomic E-state index is 11.2. The lowest BCUT2D eigenvalue weighted by molar-refractivity contribution is -0.144. The molecule has 0 aromatic carbocycles. The van der Waals surface area contributed by atoms with Gasteiger partial charge in [-0.05, 0) is 39.4 Å². The summed E-state index contributed by atoms with van der Waals surface area (Å²) < 4.78 is 4.90. The minimum absolute atomic E-state index is 0.0994. The number of nitrogens with one attached hydrogen (secondary N) is 1. The molecular weight excluding hydrogens is 180 g/mol. The first kappa shape index (κ1) is 11.5. The first-order valence-electron chi connectivity index (χ1n) is 5.28. The van der Waals surface area contributed by atoms with Gasteiger partial charge < -0.3 is 10.1 Å². The van der Waals surface area contributed by atoms with Gasteiger partial charge in [0.2, 0.25) is 0 Å². The summed E-state index contributed by atoms with van der Waals surface area (Å²) in [5.74, 6) is 0.590. The zero-order valence-electron chi connectivity index (χ0n) is 9.08. The van der Waals surface area contributed by atoms with Gasteiger partial charge in [0.15, 0.2) is 0 Å². The number of likely N-dealkylation sites (tertiary alicyclic amines) is 1. The number of nitrogens with zero attached hydrogens (tertiary/aromatic N) is 1. The first-order valence-corrected chi connectivity index (χ1v) is 5.28. The summed E-state index contributed by atoms with van der Waals surface area (Å²) in [5.41, 5.74) is 0. The summed E-state index contributed by atoms with van der Waals surface area (Å²) in [4.78, 5) is 13.4. The van der Waals surface area contributed by atoms with Gasteiger partial charge in [-0.25, -0.2) is 0 Å². The van der Waals surface area contributed by atoms with Crippen molar-refractivity contribution in [3.63, 3.8) is 0 Å². The Hall–Kier alpha value is -0.610. The van der Waals surface area contributed by atoms with E-state index in [2.05, 4.69) is 10.2 Å². The molecule has 1 fully saturated rings. The Bertz CT molecular complexity index is 185. The van der Waals surface area contributed by atoms with E-state index in [9.17, 15) is 4.79 Å². The fourth-order valence-electron chi connectivity index (χ4n) is 1.90. The molecule has 14 heavy (non-hydrogen) atoms. The third-order valence-electron chi connectivity index (χ3n) is 2.52. The molecule has 0 saturated carbocycles. The molecule has 0 amide bonds. The molecule has 1 N–H and O–H groups in total. The molecule has 1 heterocycles. The van der Waals surface area contributed by atoms with Crippen LogP contribution in [-0.4, -0.2) is 50.7 Å². The molecule has 82 valence electrons. The van der Waals surface area contributed by atoms with Gasteiger partial charge in [0.1, 0.15) is 0 Å². The van der Waals surface area contributed by atoms with Crippen molar-refractivity contribution in [2.24, 2.45) is 5.92 Å². The fourth-order valence-corrected chi connectivity index (χ4v) is 1.90. The topological polar surface area (TPSA) is 41.6 Å². The molecule has 4 nitrogen and oxygen atoms in total. The van der Waals surface area contributed by atoms with Gasteiger partial charge in [0.05, 0.1) is 13.2 Å². The Morgan fingerprint density at radius 1 is 1.64 bits per heavy atom. The lowest BCUT2D eigenvalue weighted by atomic mass is 10.1. The lowest BCUT2D eigenvalue weighted by Gasteiger charge is -2.14. The number of hydrogen-bond donors (Lipinski definition) is 1. The van der Waals surface area contributed by atoms with Crippen LogP contribution in [0, 0.1) is 5.92 Å². The highest BCUT2D eigenvalue weighted by atomic mass is 16.5. The van der Waals surface area contributed by atoms with Crippen LogP contribution >= 0.6 is 0 Å². The Balaban J connectivity index is 2.18. The summed E-state index contributed by atoms with van der Waals surface area (Å²) in [5, 5.41) is 3.17. The normalized spacial score (nSPS) is 22.6. The zero-order chi connectivity index (χ0) is 10.4. The molecule has 1 aliphatic heterocycles. The van der Waals surface area contributed by atoms with Crippen molar-refractivity contribution in [2.75, 3.05) is 39.8 Å². The fraction of sp³-hybridized carbons (Fsp3) is 0.900. The highest BCUT2D eigenvalue weighted by Crippen LogP contribution is 2.14. The van der Waals surface area contributed by atoms with E-state index in [-0.39, 0.29) is 5.97 Å². The van der Waals surface area contributed by atoms with Crippen LogP contribution in [0.1, 0.15) is 13.3 Å². The van der Waals surface area contributed by atoms with E-state index in [1.165, 1.54) is 6.42 Å². The van der Waals surface area contributed by atoms with E-state index in [1.807, 2.05) is 14.0 Å². The maximum atomic E-state index is 11.2. The zero-order valence-corrected chi connectivity index (χ0v) is 9.08. The van der Waals surface area contributed by atoms with Crippen molar-refractivity contribution in [2.45, 2.75) is 13.3 Å². The highest BCUT2D eigenvalue weighted by molar-refractivity contribution is 5.71. The Morgan fingerprint density at radius 3 is 3.07 bits per heavy atom. The molecule has 0 aromatic heterocycles. The van der Waals surface area contributed by atoms with Gasteiger partial charge in [-0.2, -0.15) is 0 Å². The minimum Gasteiger partial charge on any atom is -0.465 e. The van der Waals surface area contributed by atoms with Crippen molar-refractivity contribution < 1.29 is 9.53 Å². The maximum Gasteiger partial charge on any atom is 0.320 e. The summed E-state index contributed by atoms with van der Waals surface area (Å²) in [6.45, 7) is 5.84. The van der Waals surface area contributed by atoms with E-state index in [0.717, 1.165) is 19.6 Å². The predicted molar refractivity (Wildman–Crippen MR) is 55.1 cm³/mol. The Morgan fingerprint density at radius 2 is 2.43 bits per heavy atom. The standard InChI is InChI=1S/C10H20N2O2/c1-3-14-10(13)8-12-5-4-9(7-12)6-11-2/h9,11H,3-8H2,1-2H3. The lowest BCUT2D eigenvalue weighted by Crippen LogP contribution is -2.30. The second-order valence-electron chi connectivity index (χ2n) is 3.75. The smallest absolute Gasteiger partial charge is 0.320 e. The average Bonchev–Trinajstić information content (AvgIpc) is 2.53. The van der Waals surface area contributed by atoms with Crippen LogP contribution in [0.4, 0.5) is 0 Å². The van der Waals surface area contributed by atoms with Crippen molar-refractivity contribution >= 4 is 5.97 Å². The Labute approximate surface area is 85.6 Å². The van der Waals surface area contributed by atoms with Crippen molar-refractivity contribution in [1.29, 1.82) is 0 Å². The van der Waals surface area contributed by atoms with Crippen LogP contribution < -0.4 is 5.32 Å². The number of rotatable bonds is 5. The van der Waals surface area contributed by atoms with Crippen molar-refractivity contribution in [3.8, 4) is 0 Å².